The monoisotopic (exact) mass is 332 g/mol. The van der Waals surface area contributed by atoms with Gasteiger partial charge >= 0.3 is 0 Å². The van der Waals surface area contributed by atoms with Gasteiger partial charge in [-0.15, -0.1) is 0 Å². The summed E-state index contributed by atoms with van der Waals surface area (Å²) < 4.78 is 27.4. The van der Waals surface area contributed by atoms with Gasteiger partial charge in [0, 0.05) is 42.5 Å². The van der Waals surface area contributed by atoms with Crippen LogP contribution in [0.25, 0.3) is 5.57 Å². The highest BCUT2D eigenvalue weighted by Gasteiger charge is 2.36. The van der Waals surface area contributed by atoms with E-state index >= 15 is 0 Å². The lowest BCUT2D eigenvalue weighted by atomic mass is 9.85. The summed E-state index contributed by atoms with van der Waals surface area (Å²) in [6, 6.07) is 3.75. The minimum atomic E-state index is -0.560. The van der Waals surface area contributed by atoms with Crippen LogP contribution in [-0.2, 0) is 0 Å². The van der Waals surface area contributed by atoms with Crippen molar-refractivity contribution < 1.29 is 8.78 Å². The van der Waals surface area contributed by atoms with Crippen molar-refractivity contribution in [1.82, 2.24) is 10.2 Å². The van der Waals surface area contributed by atoms with Crippen LogP contribution in [-0.4, -0.2) is 35.8 Å². The maximum absolute atomic E-state index is 14.2. The van der Waals surface area contributed by atoms with Crippen LogP contribution in [0.5, 0.6) is 0 Å². The summed E-state index contributed by atoms with van der Waals surface area (Å²) in [4.78, 5) is 11.0. The lowest BCUT2D eigenvalue weighted by molar-refractivity contribution is 0.212. The molecule has 1 aromatic rings. The van der Waals surface area contributed by atoms with Crippen LogP contribution < -0.4 is 5.32 Å². The Hall–Kier alpha value is -2.24. The average molecular weight is 332 g/mol. The first-order valence-corrected chi connectivity index (χ1v) is 8.31. The summed E-state index contributed by atoms with van der Waals surface area (Å²) in [6.07, 6.45) is 2.68. The normalized spacial score (nSPS) is 25.0. The van der Waals surface area contributed by atoms with E-state index in [9.17, 15) is 8.78 Å². The van der Waals surface area contributed by atoms with E-state index in [4.69, 9.17) is 0 Å². The van der Waals surface area contributed by atoms with E-state index in [1.54, 1.807) is 0 Å². The van der Waals surface area contributed by atoms with Gasteiger partial charge in [-0.05, 0) is 44.9 Å². The summed E-state index contributed by atoms with van der Waals surface area (Å²) in [5.74, 6) is -0.303. The molecule has 0 aliphatic carbocycles. The second kappa shape index (κ2) is 6.71. The Labute approximate surface area is 141 Å². The standard InChI is InChI=1S/C18H22F2N4/c1-4-21-18-22-11(3)15-8-12(10-24(5-2)17(15)23-18)14-7-6-13(19)9-16(14)20/h6-7,9-10,15,17H,4-5,8H2,1-3H3,(H,21,23). The van der Waals surface area contributed by atoms with Gasteiger partial charge in [0.05, 0.1) is 0 Å². The molecule has 0 saturated carbocycles. The molecular weight excluding hydrogens is 310 g/mol. The molecule has 2 aliphatic heterocycles. The van der Waals surface area contributed by atoms with Gasteiger partial charge < -0.3 is 10.2 Å². The van der Waals surface area contributed by atoms with E-state index in [0.717, 1.165) is 23.9 Å². The molecule has 24 heavy (non-hydrogen) atoms. The number of benzene rings is 1. The molecule has 6 heteroatoms. The van der Waals surface area contributed by atoms with Crippen LogP contribution in [0.1, 0.15) is 32.8 Å². The quantitative estimate of drug-likeness (QED) is 0.921. The molecule has 2 heterocycles. The number of fused-ring (bicyclic) bond motifs is 1. The number of hydrogen-bond donors (Lipinski definition) is 1. The maximum Gasteiger partial charge on any atom is 0.219 e. The maximum atomic E-state index is 14.2. The highest BCUT2D eigenvalue weighted by atomic mass is 19.1. The minimum absolute atomic E-state index is 0.0602. The van der Waals surface area contributed by atoms with Crippen molar-refractivity contribution in [2.75, 3.05) is 13.1 Å². The molecule has 3 rings (SSSR count). The second-order valence-electron chi connectivity index (χ2n) is 6.06. The first-order chi connectivity index (χ1) is 11.5. The van der Waals surface area contributed by atoms with Crippen LogP contribution in [0.4, 0.5) is 8.78 Å². The van der Waals surface area contributed by atoms with Crippen LogP contribution in [0.3, 0.4) is 0 Å². The van der Waals surface area contributed by atoms with Gasteiger partial charge in [0.15, 0.2) is 0 Å². The van der Waals surface area contributed by atoms with Gasteiger partial charge in [-0.3, -0.25) is 4.99 Å². The van der Waals surface area contributed by atoms with Crippen molar-refractivity contribution >= 4 is 17.2 Å². The van der Waals surface area contributed by atoms with E-state index in [2.05, 4.69) is 27.1 Å². The van der Waals surface area contributed by atoms with Crippen molar-refractivity contribution in [3.05, 3.63) is 41.6 Å². The molecule has 2 atom stereocenters. The lowest BCUT2D eigenvalue weighted by Gasteiger charge is -2.43. The van der Waals surface area contributed by atoms with Crippen molar-refractivity contribution in [3.8, 4) is 0 Å². The van der Waals surface area contributed by atoms with Crippen LogP contribution in [0, 0.1) is 17.6 Å². The zero-order valence-corrected chi connectivity index (χ0v) is 14.2. The summed E-state index contributed by atoms with van der Waals surface area (Å²) in [5, 5.41) is 3.37. The zero-order chi connectivity index (χ0) is 17.3. The number of allylic oxidation sites excluding steroid dienone is 1. The molecule has 0 bridgehead atoms. The van der Waals surface area contributed by atoms with Crippen molar-refractivity contribution in [2.24, 2.45) is 15.9 Å². The molecule has 0 saturated heterocycles. The predicted molar refractivity (Wildman–Crippen MR) is 92.8 cm³/mol. The number of nitrogens with zero attached hydrogens (tertiary/aromatic N) is 3. The van der Waals surface area contributed by atoms with Crippen LogP contribution in [0.15, 0.2) is 34.4 Å². The molecule has 1 N–H and O–H groups in total. The Bertz CT molecular complexity index is 724. The fraction of sp³-hybridized carbons (Fsp3) is 0.444. The predicted octanol–water partition coefficient (Wildman–Crippen LogP) is 3.41. The van der Waals surface area contributed by atoms with Crippen molar-refractivity contribution in [1.29, 1.82) is 0 Å². The fourth-order valence-corrected chi connectivity index (χ4v) is 3.34. The molecule has 2 aliphatic rings. The van der Waals surface area contributed by atoms with Gasteiger partial charge in [-0.1, -0.05) is 0 Å². The average Bonchev–Trinajstić information content (AvgIpc) is 2.54. The summed E-state index contributed by atoms with van der Waals surface area (Å²) >= 11 is 0. The zero-order valence-electron chi connectivity index (χ0n) is 14.2. The molecule has 2 unspecified atom stereocenters. The molecule has 128 valence electrons. The van der Waals surface area contributed by atoms with E-state index in [1.807, 2.05) is 20.0 Å². The van der Waals surface area contributed by atoms with Gasteiger partial charge in [0.2, 0.25) is 5.96 Å². The molecule has 1 aromatic carbocycles. The summed E-state index contributed by atoms with van der Waals surface area (Å²) in [5.41, 5.74) is 2.30. The first-order valence-electron chi connectivity index (χ1n) is 8.31. The SMILES string of the molecule is CCN=C1N=C(C)C2CC(c3ccc(F)cc3F)=CN(CC)C2N1. The molecule has 0 spiro atoms. The van der Waals surface area contributed by atoms with Gasteiger partial charge in [-0.2, -0.15) is 0 Å². The summed E-state index contributed by atoms with van der Waals surface area (Å²) in [7, 11) is 0. The van der Waals surface area contributed by atoms with Crippen LogP contribution >= 0.6 is 0 Å². The highest BCUT2D eigenvalue weighted by Crippen LogP contribution is 2.35. The van der Waals surface area contributed by atoms with Crippen molar-refractivity contribution in [3.63, 3.8) is 0 Å². The Morgan fingerprint density at radius 1 is 1.33 bits per heavy atom. The van der Waals surface area contributed by atoms with Gasteiger partial charge in [-0.25, -0.2) is 13.8 Å². The van der Waals surface area contributed by atoms with E-state index < -0.39 is 11.6 Å². The molecule has 0 radical (unpaired) electrons. The Morgan fingerprint density at radius 3 is 2.79 bits per heavy atom. The molecule has 0 fully saturated rings. The fourth-order valence-electron chi connectivity index (χ4n) is 3.34. The Kier molecular flexibility index (Phi) is 4.64. The van der Waals surface area contributed by atoms with E-state index in [-0.39, 0.29) is 12.1 Å². The largest absolute Gasteiger partial charge is 0.357 e. The topological polar surface area (TPSA) is 40.0 Å². The molecule has 4 nitrogen and oxygen atoms in total. The summed E-state index contributed by atoms with van der Waals surface area (Å²) in [6.45, 7) is 7.45. The second-order valence-corrected chi connectivity index (χ2v) is 6.06. The number of hydrogen-bond acceptors (Lipinski definition) is 2. The number of nitrogens with one attached hydrogen (secondary N) is 1. The third-order valence-corrected chi connectivity index (χ3v) is 4.55. The minimum Gasteiger partial charge on any atom is -0.357 e. The number of guanidine groups is 1. The Morgan fingerprint density at radius 2 is 2.12 bits per heavy atom. The first kappa shape index (κ1) is 16.6. The molecule has 0 amide bonds. The number of rotatable bonds is 3. The van der Waals surface area contributed by atoms with Crippen molar-refractivity contribution in [2.45, 2.75) is 33.4 Å². The van der Waals surface area contributed by atoms with Crippen LogP contribution in [0.2, 0.25) is 0 Å². The third kappa shape index (κ3) is 3.05. The van der Waals surface area contributed by atoms with E-state index in [1.165, 1.54) is 12.1 Å². The lowest BCUT2D eigenvalue weighted by Crippen LogP contribution is -2.56. The number of halogens is 2. The third-order valence-electron chi connectivity index (χ3n) is 4.55. The van der Waals surface area contributed by atoms with E-state index in [0.29, 0.717) is 24.5 Å². The Balaban J connectivity index is 1.97. The van der Waals surface area contributed by atoms with Gasteiger partial charge in [0.1, 0.15) is 17.8 Å². The molecule has 0 aromatic heterocycles. The molecular formula is C18H22F2N4. The smallest absolute Gasteiger partial charge is 0.219 e. The van der Waals surface area contributed by atoms with Gasteiger partial charge in [0.25, 0.3) is 0 Å². The highest BCUT2D eigenvalue weighted by molar-refractivity contribution is 6.01. The number of aliphatic imine (C=N–C) groups is 2.